The number of carbonyl (C=O) groups excluding carboxylic acids is 2. The molecule has 2 amide bonds. The number of hydrogen-bond donors (Lipinski definition) is 0. The fourth-order valence-electron chi connectivity index (χ4n) is 3.32. The third-order valence-electron chi connectivity index (χ3n) is 4.29. The van der Waals surface area contributed by atoms with Crippen LogP contribution in [0.15, 0.2) is 22.7 Å². The Morgan fingerprint density at radius 2 is 1.85 bits per heavy atom. The average molecular weight is 340 g/mol. The van der Waals surface area contributed by atoms with Gasteiger partial charge in [-0.1, -0.05) is 13.0 Å². The molecule has 1 aromatic carbocycles. The van der Waals surface area contributed by atoms with Crippen LogP contribution in [-0.4, -0.2) is 16.7 Å². The number of hydrogen-bond acceptors (Lipinski definition) is 2. The minimum Gasteiger partial charge on any atom is -0.278 e. The molecule has 2 unspecified atom stereocenters. The van der Waals surface area contributed by atoms with Crippen LogP contribution in [0.3, 0.4) is 0 Å². The fraction of sp³-hybridized carbons (Fsp3) is 0.467. The van der Waals surface area contributed by atoms with E-state index >= 15 is 0 Å². The summed E-state index contributed by atoms with van der Waals surface area (Å²) in [4.78, 5) is 26.0. The molecule has 2 fully saturated rings. The van der Waals surface area contributed by atoms with Crippen molar-refractivity contribution < 1.29 is 14.0 Å². The zero-order chi connectivity index (χ0) is 14.4. The van der Waals surface area contributed by atoms with E-state index in [1.54, 1.807) is 12.1 Å². The molecule has 0 spiro atoms. The monoisotopic (exact) mass is 339 g/mol. The lowest BCUT2D eigenvalue weighted by atomic mass is 10.00. The zero-order valence-corrected chi connectivity index (χ0v) is 12.7. The van der Waals surface area contributed by atoms with Gasteiger partial charge < -0.3 is 0 Å². The van der Waals surface area contributed by atoms with Crippen LogP contribution in [0.5, 0.6) is 0 Å². The quantitative estimate of drug-likeness (QED) is 0.776. The van der Waals surface area contributed by atoms with Crippen molar-refractivity contribution in [2.75, 3.05) is 0 Å². The minimum atomic E-state index is -0.349. The van der Waals surface area contributed by atoms with Crippen LogP contribution in [0.2, 0.25) is 0 Å². The molecule has 1 aromatic rings. The highest BCUT2D eigenvalue weighted by molar-refractivity contribution is 9.10. The molecule has 1 saturated heterocycles. The largest absolute Gasteiger partial charge is 0.278 e. The Labute approximate surface area is 125 Å². The van der Waals surface area contributed by atoms with E-state index < -0.39 is 0 Å². The van der Waals surface area contributed by atoms with Crippen LogP contribution >= 0.6 is 15.9 Å². The predicted octanol–water partition coefficient (Wildman–Crippen LogP) is 3.12. The fourth-order valence-corrected chi connectivity index (χ4v) is 3.75. The maximum Gasteiger partial charge on any atom is 0.233 e. The molecule has 0 aromatic heterocycles. The maximum absolute atomic E-state index is 13.2. The summed E-state index contributed by atoms with van der Waals surface area (Å²) < 4.78 is 13.6. The Hall–Kier alpha value is -1.23. The predicted molar refractivity (Wildman–Crippen MR) is 75.0 cm³/mol. The summed E-state index contributed by atoms with van der Waals surface area (Å²) in [7, 11) is 0. The van der Waals surface area contributed by atoms with E-state index in [9.17, 15) is 14.0 Å². The van der Waals surface area contributed by atoms with Crippen LogP contribution in [-0.2, 0) is 16.1 Å². The van der Waals surface area contributed by atoms with Crippen molar-refractivity contribution in [3.05, 3.63) is 34.1 Å². The summed E-state index contributed by atoms with van der Waals surface area (Å²) in [6.45, 7) is 2.32. The Morgan fingerprint density at radius 1 is 1.25 bits per heavy atom. The molecule has 1 aliphatic carbocycles. The lowest BCUT2D eigenvalue weighted by Gasteiger charge is -2.17. The van der Waals surface area contributed by atoms with Gasteiger partial charge in [0.05, 0.1) is 22.9 Å². The van der Waals surface area contributed by atoms with Gasteiger partial charge in [-0.2, -0.15) is 0 Å². The van der Waals surface area contributed by atoms with Crippen molar-refractivity contribution >= 4 is 27.7 Å². The van der Waals surface area contributed by atoms with Crippen LogP contribution < -0.4 is 0 Å². The second-order valence-electron chi connectivity index (χ2n) is 5.80. The van der Waals surface area contributed by atoms with Crippen molar-refractivity contribution in [2.45, 2.75) is 26.3 Å². The number of fused-ring (bicyclic) bond motifs is 1. The molecule has 1 heterocycles. The van der Waals surface area contributed by atoms with Gasteiger partial charge in [-0.25, -0.2) is 4.39 Å². The third kappa shape index (κ3) is 2.18. The molecule has 0 radical (unpaired) electrons. The normalized spacial score (nSPS) is 29.1. The molecule has 20 heavy (non-hydrogen) atoms. The summed E-state index contributed by atoms with van der Waals surface area (Å²) >= 11 is 3.12. The Bertz CT molecular complexity index is 565. The molecule has 0 N–H and O–H groups in total. The Balaban J connectivity index is 1.80. The third-order valence-corrected chi connectivity index (χ3v) is 4.90. The first-order chi connectivity index (χ1) is 9.47. The molecule has 106 valence electrons. The van der Waals surface area contributed by atoms with Gasteiger partial charge in [-0.15, -0.1) is 0 Å². The van der Waals surface area contributed by atoms with E-state index in [2.05, 4.69) is 22.9 Å². The summed E-state index contributed by atoms with van der Waals surface area (Å²) in [5.74, 6) is -0.309. The number of amides is 2. The van der Waals surface area contributed by atoms with Gasteiger partial charge in [0, 0.05) is 0 Å². The summed E-state index contributed by atoms with van der Waals surface area (Å²) in [6, 6.07) is 4.57. The molecule has 2 atom stereocenters. The second kappa shape index (κ2) is 4.95. The van der Waals surface area contributed by atoms with E-state index in [0.29, 0.717) is 10.4 Å². The number of rotatable bonds is 2. The van der Waals surface area contributed by atoms with Gasteiger partial charge in [0.25, 0.3) is 0 Å². The minimum absolute atomic E-state index is 0.0650. The number of carbonyl (C=O) groups is 2. The van der Waals surface area contributed by atoms with Gasteiger partial charge in [-0.05, 0) is 52.4 Å². The highest BCUT2D eigenvalue weighted by Crippen LogP contribution is 2.43. The molecule has 2 aliphatic rings. The van der Waals surface area contributed by atoms with Crippen molar-refractivity contribution in [1.82, 2.24) is 4.90 Å². The molecule has 0 bridgehead atoms. The molecule has 1 aliphatic heterocycles. The number of imide groups is 1. The molecule has 3 nitrogen and oxygen atoms in total. The average Bonchev–Trinajstić information content (AvgIpc) is 2.88. The lowest BCUT2D eigenvalue weighted by Crippen LogP contribution is -2.31. The molecule has 5 heteroatoms. The van der Waals surface area contributed by atoms with Crippen molar-refractivity contribution in [3.8, 4) is 0 Å². The first-order valence-electron chi connectivity index (χ1n) is 6.76. The topological polar surface area (TPSA) is 37.4 Å². The van der Waals surface area contributed by atoms with E-state index in [0.717, 1.165) is 18.4 Å². The first kappa shape index (κ1) is 13.7. The molecular weight excluding hydrogens is 325 g/mol. The molecule has 3 rings (SSSR count). The maximum atomic E-state index is 13.2. The van der Waals surface area contributed by atoms with Gasteiger partial charge >= 0.3 is 0 Å². The van der Waals surface area contributed by atoms with Crippen LogP contribution in [0, 0.1) is 23.6 Å². The summed E-state index contributed by atoms with van der Waals surface area (Å²) in [6.07, 6.45) is 1.61. The highest BCUT2D eigenvalue weighted by atomic mass is 79.9. The smallest absolute Gasteiger partial charge is 0.233 e. The lowest BCUT2D eigenvalue weighted by molar-refractivity contribution is -0.141. The van der Waals surface area contributed by atoms with E-state index in [-0.39, 0.29) is 36.0 Å². The molecular formula is C15H15BrFNO2. The van der Waals surface area contributed by atoms with Gasteiger partial charge in [0.15, 0.2) is 0 Å². The highest BCUT2D eigenvalue weighted by Gasteiger charge is 2.51. The first-order valence-corrected chi connectivity index (χ1v) is 7.56. The number of benzene rings is 1. The molecule has 1 saturated carbocycles. The SMILES string of the molecule is CC1CC2C(=O)N(Cc3ccc(F)c(Br)c3)C(=O)C2C1. The van der Waals surface area contributed by atoms with E-state index in [1.165, 1.54) is 11.0 Å². The zero-order valence-electron chi connectivity index (χ0n) is 11.1. The van der Waals surface area contributed by atoms with E-state index in [1.807, 2.05) is 0 Å². The van der Waals surface area contributed by atoms with Gasteiger partial charge in [0.1, 0.15) is 5.82 Å². The summed E-state index contributed by atoms with van der Waals surface area (Å²) in [5.41, 5.74) is 0.757. The van der Waals surface area contributed by atoms with Crippen LogP contribution in [0.1, 0.15) is 25.3 Å². The van der Waals surface area contributed by atoms with Crippen molar-refractivity contribution in [2.24, 2.45) is 17.8 Å². The van der Waals surface area contributed by atoms with Gasteiger partial charge in [0.2, 0.25) is 11.8 Å². The Kier molecular flexibility index (Phi) is 3.40. The van der Waals surface area contributed by atoms with Crippen molar-refractivity contribution in [1.29, 1.82) is 0 Å². The van der Waals surface area contributed by atoms with Gasteiger partial charge in [-0.3, -0.25) is 14.5 Å². The summed E-state index contributed by atoms with van der Waals surface area (Å²) in [5, 5.41) is 0. The number of nitrogens with zero attached hydrogens (tertiary/aromatic N) is 1. The van der Waals surface area contributed by atoms with Crippen LogP contribution in [0.25, 0.3) is 0 Å². The second-order valence-corrected chi connectivity index (χ2v) is 6.65. The standard InChI is InChI=1S/C15H15BrFNO2/c1-8-4-10-11(5-8)15(20)18(14(10)19)7-9-2-3-13(17)12(16)6-9/h2-3,6,8,10-11H,4-5,7H2,1H3. The Morgan fingerprint density at radius 3 is 2.40 bits per heavy atom. The van der Waals surface area contributed by atoms with E-state index in [4.69, 9.17) is 0 Å². The number of halogens is 2. The van der Waals surface area contributed by atoms with Crippen LogP contribution in [0.4, 0.5) is 4.39 Å². The number of likely N-dealkylation sites (tertiary alicyclic amines) is 1. The van der Waals surface area contributed by atoms with Crippen molar-refractivity contribution in [3.63, 3.8) is 0 Å².